The van der Waals surface area contributed by atoms with Gasteiger partial charge in [-0.1, -0.05) is 0 Å². The predicted octanol–water partition coefficient (Wildman–Crippen LogP) is 1.90. The van der Waals surface area contributed by atoms with Crippen LogP contribution in [0.15, 0.2) is 0 Å². The highest BCUT2D eigenvalue weighted by atomic mass is 16.6. The number of hydrogen-bond acceptors (Lipinski definition) is 3. The van der Waals surface area contributed by atoms with Crippen LogP contribution in [-0.4, -0.2) is 31.3 Å². The Morgan fingerprint density at radius 2 is 1.94 bits per heavy atom. The van der Waals surface area contributed by atoms with Gasteiger partial charge in [-0.2, -0.15) is 0 Å². The standard InChI is InChI=1S/C13H24N2O2/c1-5-6-7-9-14-10-8-11-15-12(16)17-13(2,3)4/h14H,7-11H2,1-4H3,(H,15,16). The van der Waals surface area contributed by atoms with Gasteiger partial charge in [0.1, 0.15) is 5.60 Å². The average Bonchev–Trinajstić information content (AvgIpc) is 2.19. The molecule has 0 unspecified atom stereocenters. The smallest absolute Gasteiger partial charge is 0.407 e. The molecule has 1 amide bonds. The Labute approximate surface area is 104 Å². The molecule has 0 bridgehead atoms. The van der Waals surface area contributed by atoms with Gasteiger partial charge in [0.05, 0.1) is 0 Å². The molecule has 0 atom stereocenters. The maximum absolute atomic E-state index is 11.3. The van der Waals surface area contributed by atoms with Gasteiger partial charge in [0, 0.05) is 19.5 Å². The Bertz CT molecular complexity index is 271. The molecule has 0 aromatic heterocycles. The van der Waals surface area contributed by atoms with E-state index in [0.717, 1.165) is 25.9 Å². The van der Waals surface area contributed by atoms with Gasteiger partial charge in [-0.25, -0.2) is 4.79 Å². The molecule has 0 aliphatic rings. The second-order valence-electron chi connectivity index (χ2n) is 4.71. The lowest BCUT2D eigenvalue weighted by Crippen LogP contribution is -2.34. The number of rotatable bonds is 6. The van der Waals surface area contributed by atoms with Gasteiger partial charge in [0.25, 0.3) is 0 Å². The average molecular weight is 240 g/mol. The molecule has 0 aromatic rings. The lowest BCUT2D eigenvalue weighted by Gasteiger charge is -2.19. The highest BCUT2D eigenvalue weighted by Crippen LogP contribution is 2.06. The van der Waals surface area contributed by atoms with Gasteiger partial charge in [-0.05, 0) is 40.7 Å². The molecular formula is C13H24N2O2. The first-order valence-corrected chi connectivity index (χ1v) is 6.03. The van der Waals surface area contributed by atoms with Crippen molar-refractivity contribution in [2.45, 2.75) is 46.1 Å². The third-order valence-corrected chi connectivity index (χ3v) is 1.80. The summed E-state index contributed by atoms with van der Waals surface area (Å²) in [6.07, 6.45) is 1.41. The van der Waals surface area contributed by atoms with Crippen LogP contribution in [0.3, 0.4) is 0 Å². The Kier molecular flexibility index (Phi) is 8.25. The summed E-state index contributed by atoms with van der Waals surface area (Å²) < 4.78 is 5.11. The van der Waals surface area contributed by atoms with E-state index in [0.29, 0.717) is 6.54 Å². The molecule has 2 N–H and O–H groups in total. The fourth-order valence-corrected chi connectivity index (χ4v) is 1.12. The van der Waals surface area contributed by atoms with Crippen molar-refractivity contribution in [2.24, 2.45) is 0 Å². The molecule has 0 aliphatic carbocycles. The van der Waals surface area contributed by atoms with Crippen LogP contribution < -0.4 is 10.6 Å². The first kappa shape index (κ1) is 15.8. The number of amides is 1. The zero-order valence-electron chi connectivity index (χ0n) is 11.4. The van der Waals surface area contributed by atoms with Gasteiger partial charge in [0.2, 0.25) is 0 Å². The molecule has 0 rings (SSSR count). The van der Waals surface area contributed by atoms with Gasteiger partial charge < -0.3 is 15.4 Å². The van der Waals surface area contributed by atoms with Crippen LogP contribution >= 0.6 is 0 Å². The van der Waals surface area contributed by atoms with Crippen LogP contribution in [0.4, 0.5) is 4.79 Å². The molecule has 0 saturated heterocycles. The summed E-state index contributed by atoms with van der Waals surface area (Å²) in [7, 11) is 0. The van der Waals surface area contributed by atoms with Crippen molar-refractivity contribution in [1.29, 1.82) is 0 Å². The van der Waals surface area contributed by atoms with Crippen molar-refractivity contribution in [3.63, 3.8) is 0 Å². The predicted molar refractivity (Wildman–Crippen MR) is 69.8 cm³/mol. The number of ether oxygens (including phenoxy) is 1. The molecule has 4 nitrogen and oxygen atoms in total. The maximum atomic E-state index is 11.3. The van der Waals surface area contributed by atoms with Crippen molar-refractivity contribution < 1.29 is 9.53 Å². The van der Waals surface area contributed by atoms with E-state index >= 15 is 0 Å². The number of nitrogens with one attached hydrogen (secondary N) is 2. The normalized spacial score (nSPS) is 10.4. The van der Waals surface area contributed by atoms with Gasteiger partial charge in [-0.15, -0.1) is 11.8 Å². The third kappa shape index (κ3) is 12.7. The summed E-state index contributed by atoms with van der Waals surface area (Å²) in [5, 5.41) is 5.96. The third-order valence-electron chi connectivity index (χ3n) is 1.80. The van der Waals surface area contributed by atoms with E-state index in [1.165, 1.54) is 0 Å². The maximum Gasteiger partial charge on any atom is 0.407 e. The first-order chi connectivity index (χ1) is 7.95. The molecule has 0 radical (unpaired) electrons. The fourth-order valence-electron chi connectivity index (χ4n) is 1.12. The topological polar surface area (TPSA) is 50.4 Å². The van der Waals surface area contributed by atoms with Crippen LogP contribution in [0.25, 0.3) is 0 Å². The van der Waals surface area contributed by atoms with Crippen molar-refractivity contribution in [2.75, 3.05) is 19.6 Å². The van der Waals surface area contributed by atoms with E-state index in [4.69, 9.17) is 4.74 Å². The minimum absolute atomic E-state index is 0.352. The molecule has 0 spiro atoms. The van der Waals surface area contributed by atoms with E-state index in [-0.39, 0.29) is 6.09 Å². The summed E-state index contributed by atoms with van der Waals surface area (Å²) in [6, 6.07) is 0. The number of alkyl carbamates (subject to hydrolysis) is 1. The van der Waals surface area contributed by atoms with Crippen LogP contribution in [0.2, 0.25) is 0 Å². The Morgan fingerprint density at radius 3 is 2.53 bits per heavy atom. The van der Waals surface area contributed by atoms with Crippen LogP contribution in [-0.2, 0) is 4.74 Å². The molecule has 0 fully saturated rings. The minimum atomic E-state index is -0.429. The molecule has 0 heterocycles. The van der Waals surface area contributed by atoms with Crippen molar-refractivity contribution in [1.82, 2.24) is 10.6 Å². The Morgan fingerprint density at radius 1 is 1.24 bits per heavy atom. The highest BCUT2D eigenvalue weighted by Gasteiger charge is 2.15. The Hall–Kier alpha value is -1.21. The van der Waals surface area contributed by atoms with Crippen molar-refractivity contribution in [3.05, 3.63) is 0 Å². The zero-order chi connectivity index (χ0) is 13.1. The lowest BCUT2D eigenvalue weighted by molar-refractivity contribution is 0.0527. The van der Waals surface area contributed by atoms with Crippen LogP contribution in [0, 0.1) is 11.8 Å². The van der Waals surface area contributed by atoms with E-state index < -0.39 is 5.60 Å². The van der Waals surface area contributed by atoms with E-state index in [1.54, 1.807) is 0 Å². The molecular weight excluding hydrogens is 216 g/mol. The van der Waals surface area contributed by atoms with Crippen LogP contribution in [0.5, 0.6) is 0 Å². The zero-order valence-corrected chi connectivity index (χ0v) is 11.4. The fraction of sp³-hybridized carbons (Fsp3) is 0.769. The van der Waals surface area contributed by atoms with Crippen molar-refractivity contribution >= 4 is 6.09 Å². The van der Waals surface area contributed by atoms with Gasteiger partial charge >= 0.3 is 6.09 Å². The Balaban J connectivity index is 3.33. The summed E-state index contributed by atoms with van der Waals surface area (Å²) >= 11 is 0. The van der Waals surface area contributed by atoms with Crippen molar-refractivity contribution in [3.8, 4) is 11.8 Å². The van der Waals surface area contributed by atoms with Gasteiger partial charge in [-0.3, -0.25) is 0 Å². The molecule has 17 heavy (non-hydrogen) atoms. The quantitative estimate of drug-likeness (QED) is 0.551. The first-order valence-electron chi connectivity index (χ1n) is 6.03. The minimum Gasteiger partial charge on any atom is -0.444 e. The highest BCUT2D eigenvalue weighted by molar-refractivity contribution is 5.67. The molecule has 0 aromatic carbocycles. The molecule has 0 aliphatic heterocycles. The summed E-state index contributed by atoms with van der Waals surface area (Å²) in [4.78, 5) is 11.3. The molecule has 4 heteroatoms. The number of carbonyl (C=O) groups excluding carboxylic acids is 1. The van der Waals surface area contributed by atoms with E-state index in [2.05, 4.69) is 22.5 Å². The molecule has 0 saturated carbocycles. The second kappa shape index (κ2) is 8.89. The second-order valence-corrected chi connectivity index (χ2v) is 4.71. The monoisotopic (exact) mass is 240 g/mol. The summed E-state index contributed by atoms with van der Waals surface area (Å²) in [6.45, 7) is 9.79. The number of hydrogen-bond donors (Lipinski definition) is 2. The largest absolute Gasteiger partial charge is 0.444 e. The van der Waals surface area contributed by atoms with Gasteiger partial charge in [0.15, 0.2) is 0 Å². The molecule has 98 valence electrons. The van der Waals surface area contributed by atoms with E-state index in [9.17, 15) is 4.79 Å². The van der Waals surface area contributed by atoms with E-state index in [1.807, 2.05) is 27.7 Å². The number of carbonyl (C=O) groups is 1. The van der Waals surface area contributed by atoms with Crippen LogP contribution in [0.1, 0.15) is 40.5 Å². The summed E-state index contributed by atoms with van der Waals surface area (Å²) in [5.74, 6) is 5.82. The SMILES string of the molecule is CC#CCCNCCCNC(=O)OC(C)(C)C. The summed E-state index contributed by atoms with van der Waals surface area (Å²) in [5.41, 5.74) is -0.429. The lowest BCUT2D eigenvalue weighted by atomic mass is 10.2.